The third kappa shape index (κ3) is 2.63. The number of ether oxygens (including phenoxy) is 1. The Bertz CT molecular complexity index is 952. The van der Waals surface area contributed by atoms with E-state index in [2.05, 4.69) is 54.9 Å². The quantitative estimate of drug-likeness (QED) is 0.665. The number of benzene rings is 2. The van der Waals surface area contributed by atoms with Crippen molar-refractivity contribution in [3.63, 3.8) is 0 Å². The van der Waals surface area contributed by atoms with Crippen LogP contribution in [0.4, 0.5) is 0 Å². The number of Topliss-reactive ketones (excluding diaryl/α,β-unsaturated/α-hetero) is 1. The Morgan fingerprint density at radius 1 is 1.12 bits per heavy atom. The van der Waals surface area contributed by atoms with Gasteiger partial charge in [0.2, 0.25) is 0 Å². The van der Waals surface area contributed by atoms with Crippen molar-refractivity contribution in [2.45, 2.75) is 32.1 Å². The third-order valence-corrected chi connectivity index (χ3v) is 5.99. The van der Waals surface area contributed by atoms with Gasteiger partial charge < -0.3 is 9.30 Å². The molecule has 0 bridgehead atoms. The van der Waals surface area contributed by atoms with Crippen LogP contribution >= 0.6 is 0 Å². The molecule has 0 aliphatic heterocycles. The highest BCUT2D eigenvalue weighted by Crippen LogP contribution is 2.44. The monoisotopic (exact) mass is 347 g/mol. The summed E-state index contributed by atoms with van der Waals surface area (Å²) in [6.45, 7) is 2.17. The molecule has 1 saturated carbocycles. The van der Waals surface area contributed by atoms with Crippen molar-refractivity contribution in [1.82, 2.24) is 4.57 Å². The number of carbonyl (C=O) groups excluding carboxylic acids is 1. The minimum absolute atomic E-state index is 0.0629. The van der Waals surface area contributed by atoms with E-state index in [1.54, 1.807) is 7.11 Å². The fraction of sp³-hybridized carbons (Fsp3) is 0.348. The van der Waals surface area contributed by atoms with Gasteiger partial charge in [-0.2, -0.15) is 0 Å². The normalized spacial score (nSPS) is 18.4. The minimum Gasteiger partial charge on any atom is -0.497 e. The fourth-order valence-electron chi connectivity index (χ4n) is 4.55. The summed E-state index contributed by atoms with van der Waals surface area (Å²) in [5.41, 5.74) is 4.97. The fourth-order valence-corrected chi connectivity index (χ4v) is 4.55. The molecule has 1 aromatic heterocycles. The number of rotatable bonds is 4. The zero-order chi connectivity index (χ0) is 18.3. The highest BCUT2D eigenvalue weighted by atomic mass is 16.5. The zero-order valence-corrected chi connectivity index (χ0v) is 15.7. The first-order valence-electron chi connectivity index (χ1n) is 9.32. The van der Waals surface area contributed by atoms with Crippen molar-refractivity contribution in [2.75, 3.05) is 7.11 Å². The standard InChI is InChI=1S/C23H25NO2/c1-15-22(18-7-4-5-9-20(18)24(15)2)23(19-8-6-10-21(19)25)16-11-13-17(26-3)14-12-16/h4-5,7,9,11-14,19,23H,6,8,10H2,1-3H3. The second-order valence-corrected chi connectivity index (χ2v) is 7.29. The average Bonchev–Trinajstić information content (AvgIpc) is 3.20. The second-order valence-electron chi connectivity index (χ2n) is 7.29. The maximum Gasteiger partial charge on any atom is 0.136 e. The molecular weight excluding hydrogens is 322 g/mol. The molecular formula is C23H25NO2. The number of ketones is 1. The summed E-state index contributed by atoms with van der Waals surface area (Å²) in [5.74, 6) is 1.41. The molecule has 4 rings (SSSR count). The maximum atomic E-state index is 12.7. The Kier molecular flexibility index (Phi) is 4.31. The number of para-hydroxylation sites is 1. The van der Waals surface area contributed by atoms with Crippen LogP contribution in [0.5, 0.6) is 5.75 Å². The lowest BCUT2D eigenvalue weighted by atomic mass is 9.78. The van der Waals surface area contributed by atoms with Crippen LogP contribution in [-0.4, -0.2) is 17.5 Å². The van der Waals surface area contributed by atoms with Crippen molar-refractivity contribution < 1.29 is 9.53 Å². The van der Waals surface area contributed by atoms with Gasteiger partial charge in [0.25, 0.3) is 0 Å². The van der Waals surface area contributed by atoms with Crippen LogP contribution in [0.3, 0.4) is 0 Å². The van der Waals surface area contributed by atoms with Crippen molar-refractivity contribution in [1.29, 1.82) is 0 Å². The number of aromatic nitrogens is 1. The number of aryl methyl sites for hydroxylation is 1. The summed E-state index contributed by atoms with van der Waals surface area (Å²) >= 11 is 0. The molecule has 3 heteroatoms. The Hall–Kier alpha value is -2.55. The third-order valence-electron chi connectivity index (χ3n) is 5.99. The molecule has 1 aliphatic rings. The van der Waals surface area contributed by atoms with Crippen molar-refractivity contribution in [3.05, 3.63) is 65.4 Å². The molecule has 2 atom stereocenters. The molecule has 0 N–H and O–H groups in total. The molecule has 26 heavy (non-hydrogen) atoms. The van der Waals surface area contributed by atoms with Crippen molar-refractivity contribution >= 4 is 16.7 Å². The number of methoxy groups -OCH3 is 1. The highest BCUT2D eigenvalue weighted by molar-refractivity contribution is 5.90. The van der Waals surface area contributed by atoms with E-state index in [0.717, 1.165) is 18.6 Å². The van der Waals surface area contributed by atoms with Crippen molar-refractivity contribution in [3.8, 4) is 5.75 Å². The van der Waals surface area contributed by atoms with E-state index in [0.29, 0.717) is 12.2 Å². The largest absolute Gasteiger partial charge is 0.497 e. The molecule has 0 saturated heterocycles. The van der Waals surface area contributed by atoms with E-state index in [1.807, 2.05) is 12.1 Å². The number of nitrogens with zero attached hydrogens (tertiary/aromatic N) is 1. The molecule has 1 fully saturated rings. The number of carbonyl (C=O) groups is 1. The van der Waals surface area contributed by atoms with Gasteiger partial charge in [0.15, 0.2) is 0 Å². The van der Waals surface area contributed by atoms with Crippen LogP contribution in [0.2, 0.25) is 0 Å². The van der Waals surface area contributed by atoms with Crippen LogP contribution in [-0.2, 0) is 11.8 Å². The molecule has 1 aliphatic carbocycles. The van der Waals surface area contributed by atoms with E-state index in [-0.39, 0.29) is 11.8 Å². The van der Waals surface area contributed by atoms with E-state index < -0.39 is 0 Å². The topological polar surface area (TPSA) is 31.2 Å². The van der Waals surface area contributed by atoms with Crippen LogP contribution in [0.15, 0.2) is 48.5 Å². The smallest absolute Gasteiger partial charge is 0.136 e. The minimum atomic E-state index is 0.0629. The van der Waals surface area contributed by atoms with Gasteiger partial charge in [-0.1, -0.05) is 30.3 Å². The van der Waals surface area contributed by atoms with E-state index in [9.17, 15) is 4.79 Å². The first-order chi connectivity index (χ1) is 12.6. The van der Waals surface area contributed by atoms with E-state index >= 15 is 0 Å². The second kappa shape index (κ2) is 6.64. The first-order valence-corrected chi connectivity index (χ1v) is 9.32. The molecule has 1 heterocycles. The predicted molar refractivity (Wildman–Crippen MR) is 105 cm³/mol. The number of hydrogen-bond acceptors (Lipinski definition) is 2. The van der Waals surface area contributed by atoms with Crippen LogP contribution in [0.25, 0.3) is 10.9 Å². The van der Waals surface area contributed by atoms with Gasteiger partial charge in [0.05, 0.1) is 7.11 Å². The summed E-state index contributed by atoms with van der Waals surface area (Å²) in [6, 6.07) is 16.8. The summed E-state index contributed by atoms with van der Waals surface area (Å²) in [4.78, 5) is 12.7. The van der Waals surface area contributed by atoms with Gasteiger partial charge >= 0.3 is 0 Å². The Balaban J connectivity index is 1.94. The van der Waals surface area contributed by atoms with Gasteiger partial charge in [-0.25, -0.2) is 0 Å². The van der Waals surface area contributed by atoms with Gasteiger partial charge in [-0.3, -0.25) is 4.79 Å². The summed E-state index contributed by atoms with van der Waals surface area (Å²) in [6.07, 6.45) is 2.68. The van der Waals surface area contributed by atoms with Crippen LogP contribution < -0.4 is 4.74 Å². The van der Waals surface area contributed by atoms with Crippen LogP contribution in [0.1, 0.15) is 42.0 Å². The predicted octanol–water partition coefficient (Wildman–Crippen LogP) is 5.00. The molecule has 134 valence electrons. The molecule has 0 amide bonds. The van der Waals surface area contributed by atoms with Gasteiger partial charge in [-0.15, -0.1) is 0 Å². The number of fused-ring (bicyclic) bond motifs is 1. The van der Waals surface area contributed by atoms with E-state index in [1.165, 1.54) is 27.7 Å². The van der Waals surface area contributed by atoms with Gasteiger partial charge in [-0.05, 0) is 49.1 Å². The molecule has 0 radical (unpaired) electrons. The van der Waals surface area contributed by atoms with Crippen molar-refractivity contribution in [2.24, 2.45) is 13.0 Å². The zero-order valence-electron chi connectivity index (χ0n) is 15.7. The number of hydrogen-bond donors (Lipinski definition) is 0. The van der Waals surface area contributed by atoms with E-state index in [4.69, 9.17) is 4.74 Å². The first kappa shape index (κ1) is 16.9. The van der Waals surface area contributed by atoms with Gasteiger partial charge in [0, 0.05) is 41.9 Å². The highest BCUT2D eigenvalue weighted by Gasteiger charge is 2.36. The lowest BCUT2D eigenvalue weighted by Gasteiger charge is -2.24. The lowest BCUT2D eigenvalue weighted by Crippen LogP contribution is -2.19. The molecule has 3 nitrogen and oxygen atoms in total. The summed E-state index contributed by atoms with van der Waals surface area (Å²) < 4.78 is 7.58. The van der Waals surface area contributed by atoms with Gasteiger partial charge in [0.1, 0.15) is 11.5 Å². The lowest BCUT2D eigenvalue weighted by molar-refractivity contribution is -0.121. The Morgan fingerprint density at radius 3 is 2.50 bits per heavy atom. The van der Waals surface area contributed by atoms with Crippen LogP contribution in [0, 0.1) is 12.8 Å². The molecule has 2 aromatic carbocycles. The Morgan fingerprint density at radius 2 is 1.85 bits per heavy atom. The maximum absolute atomic E-state index is 12.7. The average molecular weight is 347 g/mol. The molecule has 0 spiro atoms. The Labute approximate surface area is 154 Å². The molecule has 2 unspecified atom stereocenters. The summed E-state index contributed by atoms with van der Waals surface area (Å²) in [5, 5.41) is 1.26. The molecule has 3 aromatic rings. The SMILES string of the molecule is COc1ccc(C(c2c(C)n(C)c3ccccc23)C2CCCC2=O)cc1. The summed E-state index contributed by atoms with van der Waals surface area (Å²) in [7, 11) is 3.80.